The standard InChI is InChI=1S/C25H20FN5O3S/c1-2-14-30-23(18-10-12-22(13-11-18)31(33)34)28-29-25(30)35-16-17-6-8-19(9-7-17)24(32)27-21-5-3-4-20(26)15-21/h2-13,15H,1,14,16H2,(H,27,32). The van der Waals surface area contributed by atoms with Gasteiger partial charge in [0.15, 0.2) is 11.0 Å². The molecular weight excluding hydrogens is 469 g/mol. The first kappa shape index (κ1) is 23.8. The number of nitrogens with one attached hydrogen (secondary N) is 1. The Kier molecular flexibility index (Phi) is 7.32. The first-order chi connectivity index (χ1) is 16.9. The van der Waals surface area contributed by atoms with Crippen LogP contribution < -0.4 is 5.32 Å². The van der Waals surface area contributed by atoms with Crippen LogP contribution in [0.1, 0.15) is 15.9 Å². The number of allylic oxidation sites excluding steroid dienone is 1. The zero-order valence-electron chi connectivity index (χ0n) is 18.4. The summed E-state index contributed by atoms with van der Waals surface area (Å²) in [6, 6.07) is 19.0. The lowest BCUT2D eigenvalue weighted by molar-refractivity contribution is -0.384. The van der Waals surface area contributed by atoms with E-state index in [4.69, 9.17) is 0 Å². The van der Waals surface area contributed by atoms with Crippen molar-refractivity contribution in [1.29, 1.82) is 0 Å². The Morgan fingerprint density at radius 1 is 1.11 bits per heavy atom. The van der Waals surface area contributed by atoms with Crippen molar-refractivity contribution < 1.29 is 14.1 Å². The molecule has 0 aliphatic heterocycles. The number of carbonyl (C=O) groups is 1. The van der Waals surface area contributed by atoms with Crippen molar-refractivity contribution in [2.45, 2.75) is 17.5 Å². The molecule has 1 N–H and O–H groups in total. The van der Waals surface area contributed by atoms with Crippen LogP contribution in [0.25, 0.3) is 11.4 Å². The lowest BCUT2D eigenvalue weighted by atomic mass is 10.1. The molecule has 0 radical (unpaired) electrons. The van der Waals surface area contributed by atoms with Gasteiger partial charge in [0, 0.05) is 41.2 Å². The molecule has 4 rings (SSSR count). The van der Waals surface area contributed by atoms with Gasteiger partial charge in [0.2, 0.25) is 0 Å². The topological polar surface area (TPSA) is 103 Å². The van der Waals surface area contributed by atoms with E-state index in [1.807, 2.05) is 16.7 Å². The molecule has 4 aromatic rings. The molecule has 0 saturated carbocycles. The van der Waals surface area contributed by atoms with E-state index in [0.717, 1.165) is 5.56 Å². The molecule has 8 nitrogen and oxygen atoms in total. The summed E-state index contributed by atoms with van der Waals surface area (Å²) in [5.74, 6) is 0.428. The van der Waals surface area contributed by atoms with Crippen LogP contribution in [0.2, 0.25) is 0 Å². The lowest BCUT2D eigenvalue weighted by Gasteiger charge is -2.08. The zero-order valence-corrected chi connectivity index (χ0v) is 19.2. The second-order valence-electron chi connectivity index (χ2n) is 7.46. The molecule has 1 heterocycles. The smallest absolute Gasteiger partial charge is 0.269 e. The van der Waals surface area contributed by atoms with E-state index in [2.05, 4.69) is 22.1 Å². The van der Waals surface area contributed by atoms with Crippen molar-refractivity contribution in [3.8, 4) is 11.4 Å². The van der Waals surface area contributed by atoms with Gasteiger partial charge in [-0.25, -0.2) is 4.39 Å². The van der Waals surface area contributed by atoms with Gasteiger partial charge in [0.1, 0.15) is 5.82 Å². The number of hydrogen-bond acceptors (Lipinski definition) is 6. The number of halogens is 1. The number of nitro groups is 1. The minimum Gasteiger partial charge on any atom is -0.322 e. The minimum atomic E-state index is -0.448. The first-order valence-corrected chi connectivity index (χ1v) is 11.5. The van der Waals surface area contributed by atoms with E-state index in [9.17, 15) is 19.3 Å². The fraction of sp³-hybridized carbons (Fsp3) is 0.0800. The number of benzene rings is 3. The van der Waals surface area contributed by atoms with Crippen molar-refractivity contribution in [3.63, 3.8) is 0 Å². The van der Waals surface area contributed by atoms with Gasteiger partial charge in [-0.15, -0.1) is 16.8 Å². The summed E-state index contributed by atoms with van der Waals surface area (Å²) in [6.45, 7) is 4.27. The van der Waals surface area contributed by atoms with Crippen LogP contribution in [-0.4, -0.2) is 25.6 Å². The van der Waals surface area contributed by atoms with Crippen molar-refractivity contribution in [2.75, 3.05) is 5.32 Å². The number of carbonyl (C=O) groups excluding carboxylic acids is 1. The summed E-state index contributed by atoms with van der Waals surface area (Å²) in [5, 5.41) is 22.8. The highest BCUT2D eigenvalue weighted by molar-refractivity contribution is 7.98. The maximum Gasteiger partial charge on any atom is 0.269 e. The summed E-state index contributed by atoms with van der Waals surface area (Å²) < 4.78 is 15.2. The van der Waals surface area contributed by atoms with Crippen molar-refractivity contribution in [2.24, 2.45) is 0 Å². The number of nitro benzene ring substituents is 1. The third-order valence-electron chi connectivity index (χ3n) is 5.03. The molecule has 1 aromatic heterocycles. The second-order valence-corrected chi connectivity index (χ2v) is 8.40. The number of rotatable bonds is 9. The van der Waals surface area contributed by atoms with Crippen molar-refractivity contribution >= 4 is 29.0 Å². The summed E-state index contributed by atoms with van der Waals surface area (Å²) in [5.41, 5.74) is 2.54. The predicted octanol–water partition coefficient (Wildman–Crippen LogP) is 5.72. The van der Waals surface area contributed by atoms with E-state index in [1.165, 1.54) is 42.1 Å². The normalized spacial score (nSPS) is 10.7. The molecule has 0 aliphatic rings. The molecule has 176 valence electrons. The summed E-state index contributed by atoms with van der Waals surface area (Å²) in [6.07, 6.45) is 1.73. The van der Waals surface area contributed by atoms with Crippen LogP contribution in [0.5, 0.6) is 0 Å². The average molecular weight is 490 g/mol. The first-order valence-electron chi connectivity index (χ1n) is 10.5. The highest BCUT2D eigenvalue weighted by atomic mass is 32.2. The SMILES string of the molecule is C=CCn1c(SCc2ccc(C(=O)Nc3cccc(F)c3)cc2)nnc1-c1ccc([N+](=O)[O-])cc1. The van der Waals surface area contributed by atoms with Crippen LogP contribution in [0, 0.1) is 15.9 Å². The Morgan fingerprint density at radius 2 is 1.86 bits per heavy atom. The summed E-state index contributed by atoms with van der Waals surface area (Å²) in [7, 11) is 0. The third-order valence-corrected chi connectivity index (χ3v) is 6.07. The fourth-order valence-corrected chi connectivity index (χ4v) is 4.21. The number of nitrogens with zero attached hydrogens (tertiary/aromatic N) is 4. The lowest BCUT2D eigenvalue weighted by Crippen LogP contribution is -2.11. The largest absolute Gasteiger partial charge is 0.322 e. The molecule has 0 bridgehead atoms. The Balaban J connectivity index is 1.44. The van der Waals surface area contributed by atoms with Gasteiger partial charge in [0.05, 0.1) is 4.92 Å². The van der Waals surface area contributed by atoms with Crippen molar-refractivity contribution in [3.05, 3.63) is 113 Å². The van der Waals surface area contributed by atoms with Gasteiger partial charge in [-0.05, 0) is 48.0 Å². The van der Waals surface area contributed by atoms with Crippen LogP contribution in [-0.2, 0) is 12.3 Å². The van der Waals surface area contributed by atoms with Gasteiger partial charge in [0.25, 0.3) is 11.6 Å². The molecule has 10 heteroatoms. The molecule has 35 heavy (non-hydrogen) atoms. The Morgan fingerprint density at radius 3 is 2.51 bits per heavy atom. The molecule has 0 aliphatic carbocycles. The average Bonchev–Trinajstić information content (AvgIpc) is 3.26. The minimum absolute atomic E-state index is 0.00574. The fourth-order valence-electron chi connectivity index (χ4n) is 3.30. The Bertz CT molecular complexity index is 1370. The molecular formula is C25H20FN5O3S. The highest BCUT2D eigenvalue weighted by Crippen LogP contribution is 2.28. The maximum atomic E-state index is 13.3. The van der Waals surface area contributed by atoms with E-state index < -0.39 is 10.7 Å². The van der Waals surface area contributed by atoms with Gasteiger partial charge in [-0.1, -0.05) is 36.0 Å². The van der Waals surface area contributed by atoms with E-state index in [0.29, 0.717) is 40.1 Å². The number of non-ortho nitro benzene ring substituents is 1. The summed E-state index contributed by atoms with van der Waals surface area (Å²) >= 11 is 1.47. The van der Waals surface area contributed by atoms with Crippen LogP contribution in [0.4, 0.5) is 15.8 Å². The van der Waals surface area contributed by atoms with E-state index in [-0.39, 0.29) is 11.6 Å². The quantitative estimate of drug-likeness (QED) is 0.140. The number of hydrogen-bond donors (Lipinski definition) is 1. The van der Waals surface area contributed by atoms with Crippen LogP contribution in [0.15, 0.2) is 90.6 Å². The number of thioether (sulfide) groups is 1. The Labute approximate surface area is 204 Å². The van der Waals surface area contributed by atoms with Gasteiger partial charge >= 0.3 is 0 Å². The molecule has 3 aromatic carbocycles. The molecule has 0 fully saturated rings. The number of aromatic nitrogens is 3. The van der Waals surface area contributed by atoms with Gasteiger partial charge < -0.3 is 5.32 Å². The molecule has 0 unspecified atom stereocenters. The maximum absolute atomic E-state index is 13.3. The zero-order chi connectivity index (χ0) is 24.8. The van der Waals surface area contributed by atoms with Gasteiger partial charge in [-0.2, -0.15) is 0 Å². The van der Waals surface area contributed by atoms with Crippen molar-refractivity contribution in [1.82, 2.24) is 14.8 Å². The molecule has 0 atom stereocenters. The van der Waals surface area contributed by atoms with Crippen LogP contribution in [0.3, 0.4) is 0 Å². The number of amides is 1. The molecule has 0 saturated heterocycles. The number of anilines is 1. The Hall–Kier alpha value is -4.31. The molecule has 1 amide bonds. The molecule has 0 spiro atoms. The van der Waals surface area contributed by atoms with Gasteiger partial charge in [-0.3, -0.25) is 19.5 Å². The monoisotopic (exact) mass is 489 g/mol. The third kappa shape index (κ3) is 5.79. The van der Waals surface area contributed by atoms with E-state index >= 15 is 0 Å². The summed E-state index contributed by atoms with van der Waals surface area (Å²) in [4.78, 5) is 22.9. The highest BCUT2D eigenvalue weighted by Gasteiger charge is 2.15. The van der Waals surface area contributed by atoms with Crippen LogP contribution >= 0.6 is 11.8 Å². The predicted molar refractivity (Wildman–Crippen MR) is 133 cm³/mol. The second kappa shape index (κ2) is 10.7. The van der Waals surface area contributed by atoms with E-state index in [1.54, 1.807) is 36.4 Å².